The molecule has 0 amide bonds. The highest BCUT2D eigenvalue weighted by Crippen LogP contribution is 2.20. The normalized spacial score (nSPS) is 23.4. The first-order valence-corrected chi connectivity index (χ1v) is 8.32. The van der Waals surface area contributed by atoms with E-state index < -0.39 is 0 Å². The molecule has 1 N–H and O–H groups in total. The minimum absolute atomic E-state index is 0.417. The Morgan fingerprint density at radius 2 is 2.40 bits per heavy atom. The van der Waals surface area contributed by atoms with Gasteiger partial charge in [-0.05, 0) is 25.2 Å². The van der Waals surface area contributed by atoms with E-state index in [1.807, 2.05) is 0 Å². The Bertz CT molecular complexity index is 395. The van der Waals surface area contributed by atoms with Crippen LogP contribution in [0.25, 0.3) is 0 Å². The van der Waals surface area contributed by atoms with Crippen LogP contribution in [0.1, 0.15) is 43.8 Å². The Labute approximate surface area is 125 Å². The van der Waals surface area contributed by atoms with Gasteiger partial charge in [0, 0.05) is 31.7 Å². The first-order chi connectivity index (χ1) is 9.67. The predicted molar refractivity (Wildman–Crippen MR) is 81.9 cm³/mol. The summed E-state index contributed by atoms with van der Waals surface area (Å²) in [5.41, 5.74) is 1.12. The van der Waals surface area contributed by atoms with Gasteiger partial charge < -0.3 is 14.8 Å². The zero-order valence-corrected chi connectivity index (χ0v) is 13.5. The van der Waals surface area contributed by atoms with Crippen molar-refractivity contribution in [2.24, 2.45) is 5.92 Å². The van der Waals surface area contributed by atoms with Crippen molar-refractivity contribution in [1.29, 1.82) is 0 Å². The lowest BCUT2D eigenvalue weighted by Crippen LogP contribution is -2.39. The third-order valence-electron chi connectivity index (χ3n) is 3.54. The van der Waals surface area contributed by atoms with Crippen molar-refractivity contribution in [3.63, 3.8) is 0 Å². The maximum atomic E-state index is 5.84. The zero-order chi connectivity index (χ0) is 14.4. The first kappa shape index (κ1) is 15.9. The lowest BCUT2D eigenvalue weighted by atomic mass is 9.96. The molecule has 0 saturated carbocycles. The molecule has 1 aliphatic heterocycles. The van der Waals surface area contributed by atoms with Gasteiger partial charge in [0.15, 0.2) is 0 Å². The van der Waals surface area contributed by atoms with Crippen LogP contribution < -0.4 is 5.32 Å². The van der Waals surface area contributed by atoms with Crippen molar-refractivity contribution in [1.82, 2.24) is 10.3 Å². The van der Waals surface area contributed by atoms with Crippen LogP contribution in [-0.4, -0.2) is 30.8 Å². The van der Waals surface area contributed by atoms with Crippen molar-refractivity contribution >= 4 is 11.3 Å². The quantitative estimate of drug-likeness (QED) is 0.840. The lowest BCUT2D eigenvalue weighted by Gasteiger charge is -2.31. The van der Waals surface area contributed by atoms with Gasteiger partial charge in [0.05, 0.1) is 18.4 Å². The summed E-state index contributed by atoms with van der Waals surface area (Å²) in [7, 11) is 1.70. The van der Waals surface area contributed by atoms with Crippen LogP contribution in [0.3, 0.4) is 0 Å². The van der Waals surface area contributed by atoms with Crippen LogP contribution in [-0.2, 0) is 22.6 Å². The highest BCUT2D eigenvalue weighted by atomic mass is 32.1. The van der Waals surface area contributed by atoms with Gasteiger partial charge in [-0.15, -0.1) is 11.3 Å². The summed E-state index contributed by atoms with van der Waals surface area (Å²) in [6.45, 7) is 6.85. The van der Waals surface area contributed by atoms with E-state index in [9.17, 15) is 0 Å². The molecule has 0 aromatic carbocycles. The third kappa shape index (κ3) is 5.13. The molecular formula is C15H26N2O2S. The fraction of sp³-hybridized carbons (Fsp3) is 0.800. The van der Waals surface area contributed by atoms with Gasteiger partial charge in [0.25, 0.3) is 0 Å². The Kier molecular flexibility index (Phi) is 6.42. The van der Waals surface area contributed by atoms with Gasteiger partial charge in [0.1, 0.15) is 5.01 Å². The fourth-order valence-electron chi connectivity index (χ4n) is 2.62. The summed E-state index contributed by atoms with van der Waals surface area (Å²) in [6.07, 6.45) is 3.80. The molecule has 1 fully saturated rings. The molecule has 2 atom stereocenters. The van der Waals surface area contributed by atoms with Crippen LogP contribution >= 0.6 is 11.3 Å². The minimum atomic E-state index is 0.417. The topological polar surface area (TPSA) is 43.4 Å². The average molecular weight is 298 g/mol. The lowest BCUT2D eigenvalue weighted by molar-refractivity contribution is -0.00961. The molecule has 0 aliphatic carbocycles. The Morgan fingerprint density at radius 3 is 3.15 bits per heavy atom. The van der Waals surface area contributed by atoms with Gasteiger partial charge in [-0.25, -0.2) is 4.98 Å². The van der Waals surface area contributed by atoms with Gasteiger partial charge in [0.2, 0.25) is 0 Å². The molecule has 1 saturated heterocycles. The largest absolute Gasteiger partial charge is 0.378 e. The summed E-state index contributed by atoms with van der Waals surface area (Å²) < 4.78 is 10.9. The Balaban J connectivity index is 1.75. The summed E-state index contributed by atoms with van der Waals surface area (Å²) in [5.74, 6) is 0.703. The van der Waals surface area contributed by atoms with Crippen molar-refractivity contribution in [2.75, 3.05) is 13.7 Å². The number of nitrogens with one attached hydrogen (secondary N) is 1. The van der Waals surface area contributed by atoms with E-state index in [1.165, 1.54) is 0 Å². The zero-order valence-electron chi connectivity index (χ0n) is 12.7. The number of methoxy groups -OCH3 is 1. The second-order valence-corrected chi connectivity index (χ2v) is 6.83. The standard InChI is InChI=1S/C15H26N2O2S/c1-11(2)6-14-7-12(4-5-19-14)16-8-13-10-20-15(17-13)9-18-3/h10-12,14,16H,4-9H2,1-3H3/t12-,14+/m1/s1. The van der Waals surface area contributed by atoms with E-state index in [-0.39, 0.29) is 0 Å². The van der Waals surface area contributed by atoms with E-state index in [2.05, 4.69) is 29.5 Å². The molecule has 1 aromatic heterocycles. The average Bonchev–Trinajstić information content (AvgIpc) is 2.84. The maximum absolute atomic E-state index is 5.84. The molecule has 0 unspecified atom stereocenters. The van der Waals surface area contributed by atoms with Crippen LogP contribution in [0, 0.1) is 5.92 Å². The Morgan fingerprint density at radius 1 is 1.55 bits per heavy atom. The molecule has 114 valence electrons. The van der Waals surface area contributed by atoms with Gasteiger partial charge in [-0.3, -0.25) is 0 Å². The van der Waals surface area contributed by atoms with E-state index in [0.717, 1.165) is 43.1 Å². The molecule has 2 heterocycles. The molecule has 0 bridgehead atoms. The molecule has 0 spiro atoms. The fourth-order valence-corrected chi connectivity index (χ4v) is 3.39. The number of rotatable bonds is 7. The van der Waals surface area contributed by atoms with Crippen LogP contribution in [0.15, 0.2) is 5.38 Å². The molecule has 0 radical (unpaired) electrons. The number of hydrogen-bond acceptors (Lipinski definition) is 5. The first-order valence-electron chi connectivity index (χ1n) is 7.44. The SMILES string of the molecule is COCc1nc(CN[C@@H]2CCO[C@@H](CC(C)C)C2)cs1. The van der Waals surface area contributed by atoms with E-state index >= 15 is 0 Å². The Hall–Kier alpha value is -0.490. The third-order valence-corrected chi connectivity index (χ3v) is 4.41. The summed E-state index contributed by atoms with van der Waals surface area (Å²) in [4.78, 5) is 4.55. The molecule has 5 heteroatoms. The van der Waals surface area contributed by atoms with Gasteiger partial charge >= 0.3 is 0 Å². The molecule has 2 rings (SSSR count). The monoisotopic (exact) mass is 298 g/mol. The molecule has 4 nitrogen and oxygen atoms in total. The number of thiazole rings is 1. The van der Waals surface area contributed by atoms with Crippen molar-refractivity contribution in [3.8, 4) is 0 Å². The number of nitrogens with zero attached hydrogens (tertiary/aromatic N) is 1. The van der Waals surface area contributed by atoms with Gasteiger partial charge in [-0.1, -0.05) is 13.8 Å². The summed E-state index contributed by atoms with van der Waals surface area (Å²) in [6, 6.07) is 0.556. The maximum Gasteiger partial charge on any atom is 0.119 e. The molecule has 1 aromatic rings. The number of hydrogen-bond donors (Lipinski definition) is 1. The second kappa shape index (κ2) is 8.08. The van der Waals surface area contributed by atoms with E-state index in [0.29, 0.717) is 24.7 Å². The van der Waals surface area contributed by atoms with E-state index in [1.54, 1.807) is 18.4 Å². The van der Waals surface area contributed by atoms with Crippen LogP contribution in [0.5, 0.6) is 0 Å². The number of ether oxygens (including phenoxy) is 2. The molecular weight excluding hydrogens is 272 g/mol. The molecule has 20 heavy (non-hydrogen) atoms. The van der Waals surface area contributed by atoms with Crippen molar-refractivity contribution in [2.45, 2.75) is 58.4 Å². The van der Waals surface area contributed by atoms with Gasteiger partial charge in [-0.2, -0.15) is 0 Å². The summed E-state index contributed by atoms with van der Waals surface area (Å²) >= 11 is 1.67. The highest BCUT2D eigenvalue weighted by Gasteiger charge is 2.22. The predicted octanol–water partition coefficient (Wildman–Crippen LogP) is 2.97. The van der Waals surface area contributed by atoms with Crippen LogP contribution in [0.4, 0.5) is 0 Å². The van der Waals surface area contributed by atoms with E-state index in [4.69, 9.17) is 9.47 Å². The second-order valence-electron chi connectivity index (χ2n) is 5.89. The highest BCUT2D eigenvalue weighted by molar-refractivity contribution is 7.09. The number of aromatic nitrogens is 1. The van der Waals surface area contributed by atoms with Crippen molar-refractivity contribution in [3.05, 3.63) is 16.1 Å². The minimum Gasteiger partial charge on any atom is -0.378 e. The summed E-state index contributed by atoms with van der Waals surface area (Å²) in [5, 5.41) is 6.79. The molecule has 1 aliphatic rings. The smallest absolute Gasteiger partial charge is 0.119 e. The van der Waals surface area contributed by atoms with Crippen molar-refractivity contribution < 1.29 is 9.47 Å². The van der Waals surface area contributed by atoms with Crippen LogP contribution in [0.2, 0.25) is 0 Å².